The molecule has 0 saturated carbocycles. The first kappa shape index (κ1) is 12.6. The van der Waals surface area contributed by atoms with Gasteiger partial charge in [0.15, 0.2) is 5.78 Å². The van der Waals surface area contributed by atoms with Gasteiger partial charge in [-0.05, 0) is 30.5 Å². The fourth-order valence-electron chi connectivity index (χ4n) is 2.09. The molecule has 0 unspecified atom stereocenters. The van der Waals surface area contributed by atoms with Crippen LogP contribution in [0.4, 0.5) is 0 Å². The van der Waals surface area contributed by atoms with Crippen molar-refractivity contribution in [2.75, 3.05) is 0 Å². The van der Waals surface area contributed by atoms with Crippen LogP contribution in [-0.2, 0) is 0 Å². The lowest BCUT2D eigenvalue weighted by atomic mass is 9.97. The highest BCUT2D eigenvalue weighted by molar-refractivity contribution is 5.96. The Morgan fingerprint density at radius 1 is 1.00 bits per heavy atom. The zero-order valence-electron chi connectivity index (χ0n) is 11.2. The molecule has 0 fully saturated rings. The zero-order chi connectivity index (χ0) is 13.1. The molecule has 1 heteroatoms. The second-order valence-electron chi connectivity index (χ2n) is 4.67. The Morgan fingerprint density at radius 3 is 2.28 bits per heavy atom. The molecule has 2 rings (SSSR count). The Kier molecular flexibility index (Phi) is 3.61. The third-order valence-corrected chi connectivity index (χ3v) is 3.23. The van der Waals surface area contributed by atoms with E-state index in [1.807, 2.05) is 31.2 Å². The van der Waals surface area contributed by atoms with Gasteiger partial charge in [0.05, 0.1) is 0 Å². The maximum Gasteiger partial charge on any atom is 0.162 e. The van der Waals surface area contributed by atoms with Gasteiger partial charge in [0, 0.05) is 12.0 Å². The topological polar surface area (TPSA) is 17.1 Å². The van der Waals surface area contributed by atoms with Gasteiger partial charge >= 0.3 is 0 Å². The number of carbonyl (C=O) groups is 1. The van der Waals surface area contributed by atoms with Crippen LogP contribution in [0.2, 0.25) is 0 Å². The van der Waals surface area contributed by atoms with Crippen molar-refractivity contribution in [3.63, 3.8) is 0 Å². The first-order chi connectivity index (χ1) is 8.61. The molecule has 2 aromatic rings. The molecule has 18 heavy (non-hydrogen) atoms. The Labute approximate surface area is 108 Å². The molecule has 0 heterocycles. The van der Waals surface area contributed by atoms with E-state index >= 15 is 0 Å². The van der Waals surface area contributed by atoms with Crippen molar-refractivity contribution in [3.05, 3.63) is 59.2 Å². The van der Waals surface area contributed by atoms with E-state index in [9.17, 15) is 4.79 Å². The van der Waals surface area contributed by atoms with E-state index < -0.39 is 0 Å². The normalized spacial score (nSPS) is 10.4. The van der Waals surface area contributed by atoms with Gasteiger partial charge < -0.3 is 0 Å². The zero-order valence-corrected chi connectivity index (χ0v) is 11.2. The minimum atomic E-state index is 0.197. The largest absolute Gasteiger partial charge is 0.294 e. The molecule has 0 aromatic heterocycles. The van der Waals surface area contributed by atoms with Crippen molar-refractivity contribution in [2.24, 2.45) is 0 Å². The van der Waals surface area contributed by atoms with Crippen LogP contribution in [0.1, 0.15) is 34.8 Å². The summed E-state index contributed by atoms with van der Waals surface area (Å²) in [6.07, 6.45) is 0.558. The summed E-state index contributed by atoms with van der Waals surface area (Å²) in [5, 5.41) is 0. The predicted molar refractivity (Wildman–Crippen MR) is 76.0 cm³/mol. The number of carbonyl (C=O) groups excluding carboxylic acids is 1. The Morgan fingerprint density at radius 2 is 1.67 bits per heavy atom. The third kappa shape index (κ3) is 2.51. The van der Waals surface area contributed by atoms with Crippen molar-refractivity contribution < 1.29 is 4.79 Å². The van der Waals surface area contributed by atoms with Gasteiger partial charge in [-0.3, -0.25) is 4.79 Å². The van der Waals surface area contributed by atoms with Crippen molar-refractivity contribution in [1.82, 2.24) is 0 Å². The first-order valence-corrected chi connectivity index (χ1v) is 6.32. The second-order valence-corrected chi connectivity index (χ2v) is 4.67. The van der Waals surface area contributed by atoms with Crippen LogP contribution in [0.3, 0.4) is 0 Å². The third-order valence-electron chi connectivity index (χ3n) is 3.23. The van der Waals surface area contributed by atoms with Gasteiger partial charge in [0.25, 0.3) is 0 Å². The lowest BCUT2D eigenvalue weighted by Crippen LogP contribution is -1.95. The number of rotatable bonds is 3. The first-order valence-electron chi connectivity index (χ1n) is 6.32. The quantitative estimate of drug-likeness (QED) is 0.716. The minimum Gasteiger partial charge on any atom is -0.294 e. The Bertz CT molecular complexity index is 565. The van der Waals surface area contributed by atoms with E-state index in [4.69, 9.17) is 0 Å². The van der Waals surface area contributed by atoms with Gasteiger partial charge in [-0.25, -0.2) is 0 Å². The average Bonchev–Trinajstić information content (AvgIpc) is 2.41. The highest BCUT2D eigenvalue weighted by Crippen LogP contribution is 2.25. The van der Waals surface area contributed by atoms with Crippen LogP contribution >= 0.6 is 0 Å². The van der Waals surface area contributed by atoms with E-state index in [1.165, 1.54) is 22.3 Å². The molecule has 2 aromatic carbocycles. The second kappa shape index (κ2) is 5.18. The Hall–Kier alpha value is -1.89. The van der Waals surface area contributed by atoms with E-state index in [0.29, 0.717) is 6.42 Å². The highest BCUT2D eigenvalue weighted by atomic mass is 16.1. The van der Waals surface area contributed by atoms with Crippen LogP contribution in [0.15, 0.2) is 42.5 Å². The fourth-order valence-corrected chi connectivity index (χ4v) is 2.09. The van der Waals surface area contributed by atoms with Gasteiger partial charge in [-0.1, -0.05) is 55.0 Å². The molecule has 0 saturated heterocycles. The summed E-state index contributed by atoms with van der Waals surface area (Å²) in [6.45, 7) is 6.10. The molecule has 0 aliphatic rings. The van der Waals surface area contributed by atoms with Gasteiger partial charge in [-0.15, -0.1) is 0 Å². The lowest BCUT2D eigenvalue weighted by Gasteiger charge is -2.08. The van der Waals surface area contributed by atoms with E-state index in [0.717, 1.165) is 5.56 Å². The van der Waals surface area contributed by atoms with Gasteiger partial charge in [0.1, 0.15) is 0 Å². The molecule has 0 atom stereocenters. The van der Waals surface area contributed by atoms with Crippen molar-refractivity contribution in [1.29, 1.82) is 0 Å². The highest BCUT2D eigenvalue weighted by Gasteiger charge is 2.05. The van der Waals surface area contributed by atoms with Crippen molar-refractivity contribution in [3.8, 4) is 11.1 Å². The van der Waals surface area contributed by atoms with Crippen LogP contribution in [-0.4, -0.2) is 5.78 Å². The van der Waals surface area contributed by atoms with Crippen LogP contribution < -0.4 is 0 Å². The maximum absolute atomic E-state index is 11.6. The minimum absolute atomic E-state index is 0.197. The van der Waals surface area contributed by atoms with Crippen molar-refractivity contribution in [2.45, 2.75) is 27.2 Å². The number of Topliss-reactive ketones (excluding diaryl/α,β-unsaturated/α-hetero) is 1. The van der Waals surface area contributed by atoms with Crippen LogP contribution in [0, 0.1) is 13.8 Å². The summed E-state index contributed by atoms with van der Waals surface area (Å²) in [6, 6.07) is 14.3. The monoisotopic (exact) mass is 238 g/mol. The SMILES string of the molecule is CCC(=O)c1ccc(-c2cc(C)ccc2C)cc1. The van der Waals surface area contributed by atoms with Crippen molar-refractivity contribution >= 4 is 5.78 Å². The van der Waals surface area contributed by atoms with Gasteiger partial charge in [0.2, 0.25) is 0 Å². The van der Waals surface area contributed by atoms with Gasteiger partial charge in [-0.2, -0.15) is 0 Å². The molecule has 0 N–H and O–H groups in total. The molecule has 0 bridgehead atoms. The number of hydrogen-bond donors (Lipinski definition) is 0. The summed E-state index contributed by atoms with van der Waals surface area (Å²) in [5.41, 5.74) is 5.72. The molecule has 0 radical (unpaired) electrons. The number of aryl methyl sites for hydroxylation is 2. The van der Waals surface area contributed by atoms with Crippen LogP contribution in [0.25, 0.3) is 11.1 Å². The maximum atomic E-state index is 11.6. The molecule has 0 aliphatic carbocycles. The number of ketones is 1. The number of benzene rings is 2. The summed E-state index contributed by atoms with van der Waals surface area (Å²) in [7, 11) is 0. The Balaban J connectivity index is 2.40. The molecule has 1 nitrogen and oxygen atoms in total. The molecular formula is C17H18O. The van der Waals surface area contributed by atoms with E-state index in [-0.39, 0.29) is 5.78 Å². The standard InChI is InChI=1S/C17H18O/c1-4-17(18)15-9-7-14(8-10-15)16-11-12(2)5-6-13(16)3/h5-11H,4H2,1-3H3. The molecule has 92 valence electrons. The molecule has 0 aliphatic heterocycles. The molecule has 0 spiro atoms. The summed E-state index contributed by atoms with van der Waals surface area (Å²) >= 11 is 0. The van der Waals surface area contributed by atoms with E-state index in [2.05, 4.69) is 32.0 Å². The molecular weight excluding hydrogens is 220 g/mol. The fraction of sp³-hybridized carbons (Fsp3) is 0.235. The molecule has 0 amide bonds. The smallest absolute Gasteiger partial charge is 0.162 e. The lowest BCUT2D eigenvalue weighted by molar-refractivity contribution is 0.0988. The average molecular weight is 238 g/mol. The predicted octanol–water partition coefficient (Wildman–Crippen LogP) is 4.56. The summed E-state index contributed by atoms with van der Waals surface area (Å²) < 4.78 is 0. The van der Waals surface area contributed by atoms with Crippen LogP contribution in [0.5, 0.6) is 0 Å². The summed E-state index contributed by atoms with van der Waals surface area (Å²) in [4.78, 5) is 11.6. The summed E-state index contributed by atoms with van der Waals surface area (Å²) in [5.74, 6) is 0.197. The van der Waals surface area contributed by atoms with E-state index in [1.54, 1.807) is 0 Å². The number of hydrogen-bond acceptors (Lipinski definition) is 1.